The highest BCUT2D eigenvalue weighted by atomic mass is 16.4. The number of carboxylic acids is 1. The van der Waals surface area contributed by atoms with Crippen LogP contribution >= 0.6 is 0 Å². The predicted octanol–water partition coefficient (Wildman–Crippen LogP) is 2.22. The van der Waals surface area contributed by atoms with Crippen LogP contribution in [0.25, 0.3) is 0 Å². The van der Waals surface area contributed by atoms with E-state index in [0.717, 1.165) is 0 Å². The molecule has 1 saturated heterocycles. The molecule has 0 spiro atoms. The van der Waals surface area contributed by atoms with Crippen LogP contribution in [0.3, 0.4) is 0 Å². The van der Waals surface area contributed by atoms with Crippen molar-refractivity contribution in [3.63, 3.8) is 0 Å². The topological polar surface area (TPSA) is 86.7 Å². The van der Waals surface area contributed by atoms with E-state index in [0.29, 0.717) is 30.8 Å². The number of nitrogens with zero attached hydrogens (tertiary/aromatic N) is 1. The van der Waals surface area contributed by atoms with E-state index >= 15 is 0 Å². The van der Waals surface area contributed by atoms with Gasteiger partial charge in [0.05, 0.1) is 0 Å². The summed E-state index contributed by atoms with van der Waals surface area (Å²) in [5.74, 6) is -0.887. The molecular formula is C15H18N2O4. The molecular weight excluding hydrogens is 272 g/mol. The Morgan fingerprint density at radius 3 is 2.81 bits per heavy atom. The van der Waals surface area contributed by atoms with Crippen LogP contribution in [-0.4, -0.2) is 40.9 Å². The van der Waals surface area contributed by atoms with Gasteiger partial charge in [0.15, 0.2) is 5.78 Å². The fraction of sp³-hybridized carbons (Fsp3) is 0.400. The Bertz CT molecular complexity index is 571. The number of amides is 2. The van der Waals surface area contributed by atoms with Gasteiger partial charge in [-0.1, -0.05) is 12.1 Å². The summed E-state index contributed by atoms with van der Waals surface area (Å²) >= 11 is 0. The van der Waals surface area contributed by atoms with E-state index in [9.17, 15) is 14.4 Å². The molecule has 0 radical (unpaired) electrons. The molecule has 1 aliphatic heterocycles. The van der Waals surface area contributed by atoms with E-state index in [4.69, 9.17) is 5.11 Å². The highest BCUT2D eigenvalue weighted by Gasteiger charge is 2.27. The van der Waals surface area contributed by atoms with Crippen molar-refractivity contribution in [2.45, 2.75) is 19.8 Å². The van der Waals surface area contributed by atoms with Gasteiger partial charge in [0.2, 0.25) is 0 Å². The Morgan fingerprint density at radius 1 is 1.38 bits per heavy atom. The molecule has 0 bridgehead atoms. The molecule has 6 heteroatoms. The summed E-state index contributed by atoms with van der Waals surface area (Å²) in [6.07, 6.45) is 0.788. The van der Waals surface area contributed by atoms with Gasteiger partial charge in [0.25, 0.3) is 0 Å². The molecule has 2 N–H and O–H groups in total. The first-order chi connectivity index (χ1) is 9.95. The Labute approximate surface area is 122 Å². The second-order valence-electron chi connectivity index (χ2n) is 5.27. The molecule has 2 rings (SSSR count). The number of likely N-dealkylation sites (tertiary alicyclic amines) is 1. The third kappa shape index (κ3) is 4.05. The lowest BCUT2D eigenvalue weighted by Gasteiger charge is -2.17. The summed E-state index contributed by atoms with van der Waals surface area (Å²) in [7, 11) is 0. The van der Waals surface area contributed by atoms with E-state index < -0.39 is 5.97 Å². The fourth-order valence-corrected chi connectivity index (χ4v) is 2.45. The number of urea groups is 1. The average Bonchev–Trinajstić information content (AvgIpc) is 2.86. The van der Waals surface area contributed by atoms with E-state index in [1.807, 2.05) is 0 Å². The fourth-order valence-electron chi connectivity index (χ4n) is 2.45. The van der Waals surface area contributed by atoms with Crippen molar-refractivity contribution >= 4 is 23.5 Å². The van der Waals surface area contributed by atoms with Gasteiger partial charge in [0.1, 0.15) is 0 Å². The molecule has 0 aromatic heterocycles. The number of hydrogen-bond donors (Lipinski definition) is 2. The van der Waals surface area contributed by atoms with Gasteiger partial charge in [-0.05, 0) is 31.4 Å². The van der Waals surface area contributed by atoms with E-state index in [-0.39, 0.29) is 24.2 Å². The van der Waals surface area contributed by atoms with Gasteiger partial charge in [-0.2, -0.15) is 0 Å². The Morgan fingerprint density at radius 2 is 2.14 bits per heavy atom. The molecule has 21 heavy (non-hydrogen) atoms. The Balaban J connectivity index is 1.94. The zero-order chi connectivity index (χ0) is 15.4. The predicted molar refractivity (Wildman–Crippen MR) is 77.4 cm³/mol. The number of benzene rings is 1. The highest BCUT2D eigenvalue weighted by Crippen LogP contribution is 2.21. The van der Waals surface area contributed by atoms with Crippen LogP contribution in [0.5, 0.6) is 0 Å². The minimum absolute atomic E-state index is 0.0109. The summed E-state index contributed by atoms with van der Waals surface area (Å²) in [4.78, 5) is 35.7. The van der Waals surface area contributed by atoms with Crippen LogP contribution in [0.1, 0.15) is 30.1 Å². The molecule has 6 nitrogen and oxygen atoms in total. The number of carboxylic acid groups (broad SMARTS) is 1. The van der Waals surface area contributed by atoms with E-state index in [1.54, 1.807) is 29.2 Å². The Kier molecular flexibility index (Phi) is 4.57. The molecule has 1 fully saturated rings. The molecule has 0 aliphatic carbocycles. The SMILES string of the molecule is CC(=O)c1cccc(NC(=O)N2CCC(CC(=O)O)C2)c1. The lowest BCUT2D eigenvalue weighted by molar-refractivity contribution is -0.138. The maximum absolute atomic E-state index is 12.1. The van der Waals surface area contributed by atoms with Crippen molar-refractivity contribution in [1.82, 2.24) is 4.90 Å². The average molecular weight is 290 g/mol. The van der Waals surface area contributed by atoms with Gasteiger partial charge in [-0.3, -0.25) is 9.59 Å². The molecule has 112 valence electrons. The highest BCUT2D eigenvalue weighted by molar-refractivity contribution is 5.96. The van der Waals surface area contributed by atoms with Crippen LogP contribution in [0, 0.1) is 5.92 Å². The smallest absolute Gasteiger partial charge is 0.321 e. The van der Waals surface area contributed by atoms with Crippen molar-refractivity contribution in [2.24, 2.45) is 5.92 Å². The summed E-state index contributed by atoms with van der Waals surface area (Å²) in [5.41, 5.74) is 1.10. The summed E-state index contributed by atoms with van der Waals surface area (Å²) in [6.45, 7) is 2.47. The number of ketones is 1. The van der Waals surface area contributed by atoms with Crippen molar-refractivity contribution < 1.29 is 19.5 Å². The largest absolute Gasteiger partial charge is 0.481 e. The van der Waals surface area contributed by atoms with Gasteiger partial charge >= 0.3 is 12.0 Å². The van der Waals surface area contributed by atoms with Crippen molar-refractivity contribution in [3.05, 3.63) is 29.8 Å². The minimum Gasteiger partial charge on any atom is -0.481 e. The molecule has 2 amide bonds. The maximum Gasteiger partial charge on any atom is 0.321 e. The number of aliphatic carboxylic acids is 1. The van der Waals surface area contributed by atoms with Gasteiger partial charge in [-0.25, -0.2) is 4.79 Å². The van der Waals surface area contributed by atoms with E-state index in [2.05, 4.69) is 5.32 Å². The monoisotopic (exact) mass is 290 g/mol. The molecule has 1 aromatic rings. The number of carbonyl (C=O) groups is 3. The number of rotatable bonds is 4. The second-order valence-corrected chi connectivity index (χ2v) is 5.27. The molecule has 1 unspecified atom stereocenters. The van der Waals surface area contributed by atoms with Crippen LogP contribution < -0.4 is 5.32 Å². The third-order valence-corrected chi connectivity index (χ3v) is 3.56. The van der Waals surface area contributed by atoms with Crippen LogP contribution in [0.2, 0.25) is 0 Å². The van der Waals surface area contributed by atoms with Crippen LogP contribution in [0.4, 0.5) is 10.5 Å². The van der Waals surface area contributed by atoms with Crippen LogP contribution in [0.15, 0.2) is 24.3 Å². The number of anilines is 1. The lowest BCUT2D eigenvalue weighted by atomic mass is 10.1. The molecule has 0 saturated carbocycles. The number of carbonyl (C=O) groups excluding carboxylic acids is 2. The second kappa shape index (κ2) is 6.39. The van der Waals surface area contributed by atoms with Crippen molar-refractivity contribution in [2.75, 3.05) is 18.4 Å². The van der Waals surface area contributed by atoms with E-state index in [1.165, 1.54) is 6.92 Å². The van der Waals surface area contributed by atoms with Gasteiger partial charge in [-0.15, -0.1) is 0 Å². The summed E-state index contributed by atoms with van der Waals surface area (Å²) < 4.78 is 0. The number of hydrogen-bond acceptors (Lipinski definition) is 3. The summed E-state index contributed by atoms with van der Waals surface area (Å²) in [6, 6.07) is 6.49. The third-order valence-electron chi connectivity index (χ3n) is 3.56. The van der Waals surface area contributed by atoms with Crippen LogP contribution in [-0.2, 0) is 4.79 Å². The lowest BCUT2D eigenvalue weighted by Crippen LogP contribution is -2.33. The van der Waals surface area contributed by atoms with Crippen molar-refractivity contribution in [1.29, 1.82) is 0 Å². The first-order valence-corrected chi connectivity index (χ1v) is 6.84. The minimum atomic E-state index is -0.837. The molecule has 1 heterocycles. The normalized spacial score (nSPS) is 17.6. The quantitative estimate of drug-likeness (QED) is 0.832. The van der Waals surface area contributed by atoms with Gasteiger partial charge in [0, 0.05) is 30.8 Å². The standard InChI is InChI=1S/C15H18N2O4/c1-10(18)12-3-2-4-13(8-12)16-15(21)17-6-5-11(9-17)7-14(19)20/h2-4,8,11H,5-7,9H2,1H3,(H,16,21)(H,19,20). The summed E-state index contributed by atoms with van der Waals surface area (Å²) in [5, 5.41) is 11.5. The zero-order valence-corrected chi connectivity index (χ0v) is 11.8. The van der Waals surface area contributed by atoms with Gasteiger partial charge < -0.3 is 15.3 Å². The number of Topliss-reactive ketones (excluding diaryl/α,β-unsaturated/α-hetero) is 1. The molecule has 1 aliphatic rings. The first kappa shape index (κ1) is 15.0. The molecule has 1 aromatic carbocycles. The Hall–Kier alpha value is -2.37. The van der Waals surface area contributed by atoms with Crippen molar-refractivity contribution in [3.8, 4) is 0 Å². The number of nitrogens with one attached hydrogen (secondary N) is 1. The molecule has 1 atom stereocenters. The first-order valence-electron chi connectivity index (χ1n) is 6.84. The maximum atomic E-state index is 12.1. The zero-order valence-electron chi connectivity index (χ0n) is 11.8.